The van der Waals surface area contributed by atoms with Crippen molar-refractivity contribution in [1.82, 2.24) is 9.88 Å². The third-order valence-corrected chi connectivity index (χ3v) is 8.36. The third kappa shape index (κ3) is 6.25. The predicted molar refractivity (Wildman–Crippen MR) is 159 cm³/mol. The van der Waals surface area contributed by atoms with Crippen molar-refractivity contribution in [1.29, 1.82) is 0 Å². The monoisotopic (exact) mass is 676 g/mol. The van der Waals surface area contributed by atoms with Gasteiger partial charge in [-0.05, 0) is 56.9 Å². The summed E-state index contributed by atoms with van der Waals surface area (Å²) in [4.78, 5) is 66.4. The number of amides is 1. The summed E-state index contributed by atoms with van der Waals surface area (Å²) in [6.45, 7) is 2.58. The summed E-state index contributed by atoms with van der Waals surface area (Å²) in [6, 6.07) is 4.83. The highest BCUT2D eigenvalue weighted by atomic mass is 19.4. The molecule has 1 aliphatic heterocycles. The van der Waals surface area contributed by atoms with Crippen LogP contribution in [-0.4, -0.2) is 85.8 Å². The van der Waals surface area contributed by atoms with Gasteiger partial charge < -0.3 is 35.2 Å². The van der Waals surface area contributed by atoms with Crippen molar-refractivity contribution < 1.29 is 62.2 Å². The molecular formula is C32H31F3N2O11. The fraction of sp³-hybridized carbons (Fsp3) is 0.406. The minimum absolute atomic E-state index is 0.119. The van der Waals surface area contributed by atoms with E-state index < -0.39 is 95.8 Å². The Hall–Kier alpha value is -4.80. The molecule has 1 saturated heterocycles. The number of carbonyl (C=O) groups excluding carboxylic acids is 3. The number of pyridine rings is 1. The average molecular weight is 677 g/mol. The van der Waals surface area contributed by atoms with Gasteiger partial charge in [0.2, 0.25) is 12.1 Å². The number of benzene rings is 2. The number of halogens is 3. The molecule has 0 saturated carbocycles. The number of aliphatic carboxylic acids is 1. The SMILES string of the molecule is Cc1cc(O)c2c3c(n([C@@H](CCCCNC(=O)C(F)(F)F)C(=O)O)c(=O)c2c1)C(=O)c1c(OC2CC(O)[C@@H](O)[C@H](C)O2)cccc1C3=O. The van der Waals surface area contributed by atoms with E-state index >= 15 is 0 Å². The van der Waals surface area contributed by atoms with Crippen LogP contribution >= 0.6 is 0 Å². The van der Waals surface area contributed by atoms with Crippen molar-refractivity contribution in [3.8, 4) is 11.5 Å². The number of nitrogens with one attached hydrogen (secondary N) is 1. The van der Waals surface area contributed by atoms with Crippen LogP contribution < -0.4 is 15.6 Å². The van der Waals surface area contributed by atoms with Crippen LogP contribution in [0.3, 0.4) is 0 Å². The molecule has 5 rings (SSSR count). The van der Waals surface area contributed by atoms with Crippen molar-refractivity contribution >= 4 is 34.2 Å². The van der Waals surface area contributed by atoms with E-state index in [2.05, 4.69) is 0 Å². The Morgan fingerprint density at radius 3 is 2.46 bits per heavy atom. The Labute approximate surface area is 269 Å². The molecular weight excluding hydrogens is 645 g/mol. The van der Waals surface area contributed by atoms with E-state index in [0.717, 1.165) is 0 Å². The van der Waals surface area contributed by atoms with Crippen LogP contribution in [0.5, 0.6) is 11.5 Å². The molecule has 48 heavy (non-hydrogen) atoms. The van der Waals surface area contributed by atoms with Crippen LogP contribution in [0.1, 0.15) is 76.2 Å². The lowest BCUT2D eigenvalue weighted by Gasteiger charge is -2.35. The Morgan fingerprint density at radius 1 is 1.10 bits per heavy atom. The largest absolute Gasteiger partial charge is 0.507 e. The van der Waals surface area contributed by atoms with E-state index in [4.69, 9.17) is 9.47 Å². The van der Waals surface area contributed by atoms with Crippen molar-refractivity contribution in [2.75, 3.05) is 6.54 Å². The smallest absolute Gasteiger partial charge is 0.471 e. The number of aromatic nitrogens is 1. The second-order valence-corrected chi connectivity index (χ2v) is 11.7. The van der Waals surface area contributed by atoms with Crippen molar-refractivity contribution in [3.63, 3.8) is 0 Å². The number of aryl methyl sites for hydroxylation is 1. The van der Waals surface area contributed by atoms with Gasteiger partial charge in [-0.2, -0.15) is 13.2 Å². The van der Waals surface area contributed by atoms with E-state index in [9.17, 15) is 57.6 Å². The molecule has 1 aliphatic carbocycles. The first-order valence-electron chi connectivity index (χ1n) is 14.9. The van der Waals surface area contributed by atoms with Gasteiger partial charge in [0, 0.05) is 23.9 Å². The van der Waals surface area contributed by atoms with Crippen molar-refractivity contribution in [3.05, 3.63) is 68.6 Å². The highest BCUT2D eigenvalue weighted by Gasteiger charge is 2.42. The van der Waals surface area contributed by atoms with Gasteiger partial charge in [-0.3, -0.25) is 23.7 Å². The van der Waals surface area contributed by atoms with Crippen LogP contribution in [0, 0.1) is 6.92 Å². The van der Waals surface area contributed by atoms with Gasteiger partial charge in [-0.1, -0.05) is 12.1 Å². The Bertz CT molecular complexity index is 1880. The number of alkyl halides is 3. The number of nitrogens with zero attached hydrogens (tertiary/aromatic N) is 1. The molecule has 5 atom stereocenters. The number of phenols is 1. The molecule has 1 aromatic heterocycles. The normalized spacial score (nSPS) is 21.4. The number of ether oxygens (including phenoxy) is 2. The topological polar surface area (TPSA) is 202 Å². The second-order valence-electron chi connectivity index (χ2n) is 11.7. The van der Waals surface area contributed by atoms with Gasteiger partial charge in [0.05, 0.1) is 28.7 Å². The first-order valence-corrected chi connectivity index (χ1v) is 14.9. The molecule has 0 spiro atoms. The molecule has 2 aromatic carbocycles. The fourth-order valence-corrected chi connectivity index (χ4v) is 6.09. The zero-order valence-electron chi connectivity index (χ0n) is 25.5. The standard InChI is InChI=1S/C32H31F3N2O11/c1-13-10-16-22(18(38)11-13)24-25(37(29(16)43)17(30(44)45)7-3-4-9-36-31(46)32(33,34)35)28(42)23-15(27(24)41)6-5-8-20(23)48-21-12-19(39)26(40)14(2)47-21/h5-6,8,10-11,14,17,19,21,26,38-40H,3-4,7,9,12H2,1-2H3,(H,36,46)(H,44,45)/t14-,17-,19?,21?,26-/m0/s1. The summed E-state index contributed by atoms with van der Waals surface area (Å²) < 4.78 is 49.8. The van der Waals surface area contributed by atoms with Crippen LogP contribution in [-0.2, 0) is 14.3 Å². The number of carbonyl (C=O) groups is 4. The zero-order valence-corrected chi connectivity index (χ0v) is 25.5. The van der Waals surface area contributed by atoms with E-state index in [-0.39, 0.29) is 46.9 Å². The van der Waals surface area contributed by atoms with Crippen LogP contribution in [0.15, 0.2) is 35.1 Å². The molecule has 16 heteroatoms. The lowest BCUT2D eigenvalue weighted by Crippen LogP contribution is -2.48. The number of aliphatic hydroxyl groups excluding tert-OH is 2. The minimum Gasteiger partial charge on any atom is -0.507 e. The zero-order chi connectivity index (χ0) is 35.2. The summed E-state index contributed by atoms with van der Waals surface area (Å²) in [5, 5.41) is 42.6. The number of ketones is 2. The number of phenolic OH excluding ortho intramolecular Hbond substituents is 1. The number of hydrogen-bond acceptors (Lipinski definition) is 10. The number of rotatable bonds is 9. The molecule has 1 amide bonds. The predicted octanol–water partition coefficient (Wildman–Crippen LogP) is 2.50. The first-order chi connectivity index (χ1) is 22.5. The number of carboxylic acid groups (broad SMARTS) is 1. The quantitative estimate of drug-likeness (QED) is 0.163. The Morgan fingerprint density at radius 2 is 1.81 bits per heavy atom. The van der Waals surface area contributed by atoms with Crippen LogP contribution in [0.2, 0.25) is 0 Å². The number of unbranched alkanes of at least 4 members (excludes halogenated alkanes) is 1. The molecule has 256 valence electrons. The molecule has 2 unspecified atom stereocenters. The molecule has 1 fully saturated rings. The van der Waals surface area contributed by atoms with Gasteiger partial charge in [0.15, 0.2) is 5.78 Å². The van der Waals surface area contributed by atoms with E-state index in [0.29, 0.717) is 10.1 Å². The molecule has 13 nitrogen and oxygen atoms in total. The summed E-state index contributed by atoms with van der Waals surface area (Å²) in [6.07, 6.45) is -10.4. The maximum atomic E-state index is 14.4. The molecule has 2 heterocycles. The van der Waals surface area contributed by atoms with Gasteiger partial charge in [-0.15, -0.1) is 0 Å². The van der Waals surface area contributed by atoms with Crippen LogP contribution in [0.25, 0.3) is 10.8 Å². The average Bonchev–Trinajstić information content (AvgIpc) is 3.00. The lowest BCUT2D eigenvalue weighted by atomic mass is 9.83. The van der Waals surface area contributed by atoms with E-state index in [1.807, 2.05) is 0 Å². The van der Waals surface area contributed by atoms with E-state index in [1.54, 1.807) is 12.2 Å². The summed E-state index contributed by atoms with van der Waals surface area (Å²) in [5.74, 6) is -6.31. The second kappa shape index (κ2) is 13.0. The summed E-state index contributed by atoms with van der Waals surface area (Å²) in [5.41, 5.74) is -2.24. The number of aromatic hydroxyl groups is 1. The lowest BCUT2D eigenvalue weighted by molar-refractivity contribution is -0.216. The van der Waals surface area contributed by atoms with E-state index in [1.165, 1.54) is 37.3 Å². The van der Waals surface area contributed by atoms with Gasteiger partial charge in [0.1, 0.15) is 29.3 Å². The summed E-state index contributed by atoms with van der Waals surface area (Å²) in [7, 11) is 0. The number of carboxylic acids is 1. The molecule has 3 aromatic rings. The molecule has 0 radical (unpaired) electrons. The molecule has 5 N–H and O–H groups in total. The van der Waals surface area contributed by atoms with Crippen molar-refractivity contribution in [2.24, 2.45) is 0 Å². The minimum atomic E-state index is -5.11. The maximum absolute atomic E-state index is 14.4. The fourth-order valence-electron chi connectivity index (χ4n) is 6.09. The highest BCUT2D eigenvalue weighted by molar-refractivity contribution is 6.32. The maximum Gasteiger partial charge on any atom is 0.471 e. The first kappa shape index (κ1) is 34.5. The number of hydrogen-bond donors (Lipinski definition) is 5. The Kier molecular flexibility index (Phi) is 9.36. The Balaban J connectivity index is 1.61. The van der Waals surface area contributed by atoms with Crippen molar-refractivity contribution in [2.45, 2.75) is 76.4 Å². The molecule has 0 bridgehead atoms. The van der Waals surface area contributed by atoms with Gasteiger partial charge in [0.25, 0.3) is 5.56 Å². The van der Waals surface area contributed by atoms with Crippen LogP contribution in [0.4, 0.5) is 13.2 Å². The number of aliphatic hydroxyl groups is 2. The third-order valence-electron chi connectivity index (χ3n) is 8.36. The highest BCUT2D eigenvalue weighted by Crippen LogP contribution is 2.40. The number of fused-ring (bicyclic) bond motifs is 4. The van der Waals surface area contributed by atoms with Gasteiger partial charge in [-0.25, -0.2) is 4.79 Å². The molecule has 2 aliphatic rings. The van der Waals surface area contributed by atoms with Gasteiger partial charge >= 0.3 is 18.1 Å². The summed E-state index contributed by atoms with van der Waals surface area (Å²) >= 11 is 0.